The van der Waals surface area contributed by atoms with Gasteiger partial charge in [0.05, 0.1) is 0 Å². The van der Waals surface area contributed by atoms with Gasteiger partial charge in [0.2, 0.25) is 0 Å². The van der Waals surface area contributed by atoms with Crippen LogP contribution >= 0.6 is 0 Å². The number of anilines is 1. The lowest BCUT2D eigenvalue weighted by Crippen LogP contribution is -2.24. The number of aromatic nitrogens is 2. The molecule has 7 nitrogen and oxygen atoms in total. The molecule has 0 unspecified atom stereocenters. The first kappa shape index (κ1) is 19.6. The smallest absolute Gasteiger partial charge is 0.276 e. The van der Waals surface area contributed by atoms with Crippen LogP contribution in [0.3, 0.4) is 0 Å². The van der Waals surface area contributed by atoms with E-state index in [0.29, 0.717) is 22.8 Å². The molecule has 1 aliphatic carbocycles. The lowest BCUT2D eigenvalue weighted by atomic mass is 10.2. The van der Waals surface area contributed by atoms with Crippen molar-refractivity contribution in [1.29, 1.82) is 0 Å². The number of amides is 2. The first-order valence-corrected chi connectivity index (χ1v) is 9.67. The summed E-state index contributed by atoms with van der Waals surface area (Å²) in [4.78, 5) is 24.3. The van der Waals surface area contributed by atoms with Crippen LogP contribution in [-0.4, -0.2) is 35.2 Å². The van der Waals surface area contributed by atoms with Gasteiger partial charge in [-0.25, -0.2) is 9.07 Å². The zero-order chi connectivity index (χ0) is 21.1. The molecular weight excluding hydrogens is 387 g/mol. The van der Waals surface area contributed by atoms with E-state index in [0.717, 1.165) is 30.5 Å². The number of likely N-dealkylation sites (N-methyl/N-ethyl adjacent to an activating group) is 1. The predicted molar refractivity (Wildman–Crippen MR) is 110 cm³/mol. The number of ether oxygens (including phenoxy) is 1. The molecule has 0 radical (unpaired) electrons. The maximum absolute atomic E-state index is 14.3. The molecule has 0 bridgehead atoms. The number of nitrogens with one attached hydrogen (secondary N) is 2. The van der Waals surface area contributed by atoms with Gasteiger partial charge in [-0.15, -0.1) is 0 Å². The maximum Gasteiger partial charge on any atom is 0.276 e. The number of hydrogen-bond donors (Lipinski definition) is 2. The van der Waals surface area contributed by atoms with E-state index in [9.17, 15) is 14.0 Å². The normalized spacial score (nSPS) is 12.3. The van der Waals surface area contributed by atoms with Gasteiger partial charge >= 0.3 is 0 Å². The fourth-order valence-electron chi connectivity index (χ4n) is 3.52. The summed E-state index contributed by atoms with van der Waals surface area (Å²) in [7, 11) is 1.53. The lowest BCUT2D eigenvalue weighted by molar-refractivity contribution is -0.122. The molecule has 0 aliphatic heterocycles. The number of para-hydroxylation sites is 1. The zero-order valence-electron chi connectivity index (χ0n) is 16.4. The Hall–Kier alpha value is -3.68. The number of nitrogens with zero attached hydrogens (tertiary/aromatic N) is 2. The van der Waals surface area contributed by atoms with Crippen LogP contribution in [0.25, 0.3) is 5.69 Å². The summed E-state index contributed by atoms with van der Waals surface area (Å²) in [6.45, 7) is -0.117. The van der Waals surface area contributed by atoms with E-state index in [-0.39, 0.29) is 24.2 Å². The van der Waals surface area contributed by atoms with Crippen molar-refractivity contribution in [3.05, 3.63) is 71.3 Å². The molecule has 8 heteroatoms. The Kier molecular flexibility index (Phi) is 5.47. The number of halogens is 1. The van der Waals surface area contributed by atoms with Gasteiger partial charge in [-0.2, -0.15) is 5.10 Å². The van der Waals surface area contributed by atoms with Crippen molar-refractivity contribution in [3.8, 4) is 11.4 Å². The van der Waals surface area contributed by atoms with Gasteiger partial charge < -0.3 is 15.4 Å². The van der Waals surface area contributed by atoms with Crippen LogP contribution in [0.15, 0.2) is 48.5 Å². The Bertz CT molecular complexity index is 1110. The van der Waals surface area contributed by atoms with Gasteiger partial charge in [-0.05, 0) is 43.5 Å². The minimum absolute atomic E-state index is 0.117. The van der Waals surface area contributed by atoms with E-state index in [1.54, 1.807) is 42.5 Å². The van der Waals surface area contributed by atoms with E-state index in [2.05, 4.69) is 15.7 Å². The highest BCUT2D eigenvalue weighted by Crippen LogP contribution is 2.29. The fraction of sp³-hybridized carbons (Fsp3) is 0.227. The van der Waals surface area contributed by atoms with Crippen molar-refractivity contribution in [1.82, 2.24) is 15.1 Å². The van der Waals surface area contributed by atoms with Crippen LogP contribution in [0.5, 0.6) is 5.75 Å². The Morgan fingerprint density at radius 3 is 2.80 bits per heavy atom. The van der Waals surface area contributed by atoms with Crippen molar-refractivity contribution in [2.75, 3.05) is 19.0 Å². The molecule has 154 valence electrons. The van der Waals surface area contributed by atoms with Crippen molar-refractivity contribution < 1.29 is 18.7 Å². The number of rotatable bonds is 6. The standard InChI is InChI=1S/C22H21FN4O3/c1-24-20(28)13-30-15-7-4-6-14(12-15)25-22(29)21-16-8-5-11-18(16)27(26-21)19-10-3-2-9-17(19)23/h2-4,6-7,9-10,12H,5,8,11,13H2,1H3,(H,24,28)(H,25,29). The predicted octanol–water partition coefficient (Wildman–Crippen LogP) is 2.88. The summed E-state index contributed by atoms with van der Waals surface area (Å²) in [6.07, 6.45) is 2.36. The summed E-state index contributed by atoms with van der Waals surface area (Å²) in [6, 6.07) is 13.2. The molecule has 30 heavy (non-hydrogen) atoms. The van der Waals surface area contributed by atoms with E-state index in [4.69, 9.17) is 4.74 Å². The van der Waals surface area contributed by atoms with Crippen molar-refractivity contribution in [2.45, 2.75) is 19.3 Å². The number of fused-ring (bicyclic) bond motifs is 1. The molecule has 2 N–H and O–H groups in total. The molecule has 3 aromatic rings. The first-order chi connectivity index (χ1) is 14.6. The molecule has 2 aromatic carbocycles. The third kappa shape index (κ3) is 3.89. The van der Waals surface area contributed by atoms with Gasteiger partial charge in [-0.3, -0.25) is 9.59 Å². The van der Waals surface area contributed by atoms with Gasteiger partial charge in [0, 0.05) is 30.1 Å². The fourth-order valence-corrected chi connectivity index (χ4v) is 3.52. The Labute approximate surface area is 172 Å². The summed E-state index contributed by atoms with van der Waals surface area (Å²) < 4.78 is 21.2. The van der Waals surface area contributed by atoms with Crippen molar-refractivity contribution >= 4 is 17.5 Å². The van der Waals surface area contributed by atoms with Crippen LogP contribution in [0.2, 0.25) is 0 Å². The molecule has 0 atom stereocenters. The third-order valence-corrected chi connectivity index (χ3v) is 4.97. The third-order valence-electron chi connectivity index (χ3n) is 4.97. The number of carbonyl (C=O) groups excluding carboxylic acids is 2. The van der Waals surface area contributed by atoms with Crippen LogP contribution in [0.1, 0.15) is 28.2 Å². The van der Waals surface area contributed by atoms with Gasteiger partial charge in [0.25, 0.3) is 11.8 Å². The summed E-state index contributed by atoms with van der Waals surface area (Å²) in [5.74, 6) is -0.550. The van der Waals surface area contributed by atoms with E-state index >= 15 is 0 Å². The summed E-state index contributed by atoms with van der Waals surface area (Å²) in [5.41, 5.74) is 2.86. The molecule has 0 spiro atoms. The highest BCUT2D eigenvalue weighted by atomic mass is 19.1. The Morgan fingerprint density at radius 2 is 2.00 bits per heavy atom. The first-order valence-electron chi connectivity index (χ1n) is 9.67. The molecule has 1 aliphatic rings. The van der Waals surface area contributed by atoms with E-state index in [1.807, 2.05) is 0 Å². The number of carbonyl (C=O) groups is 2. The average Bonchev–Trinajstić information content (AvgIpc) is 3.35. The van der Waals surface area contributed by atoms with Crippen molar-refractivity contribution in [2.24, 2.45) is 0 Å². The van der Waals surface area contributed by atoms with Gasteiger partial charge in [0.15, 0.2) is 12.3 Å². The Morgan fingerprint density at radius 1 is 1.17 bits per heavy atom. The molecule has 0 saturated carbocycles. The monoisotopic (exact) mass is 408 g/mol. The second-order valence-corrected chi connectivity index (χ2v) is 6.93. The second-order valence-electron chi connectivity index (χ2n) is 6.93. The quantitative estimate of drug-likeness (QED) is 0.657. The van der Waals surface area contributed by atoms with Gasteiger partial charge in [-0.1, -0.05) is 18.2 Å². The number of benzene rings is 2. The molecule has 2 amide bonds. The lowest BCUT2D eigenvalue weighted by Gasteiger charge is -2.08. The average molecular weight is 408 g/mol. The SMILES string of the molecule is CNC(=O)COc1cccc(NC(=O)c2nn(-c3ccccc3F)c3c2CCC3)c1. The molecule has 0 saturated heterocycles. The summed E-state index contributed by atoms with van der Waals surface area (Å²) >= 11 is 0. The van der Waals surface area contributed by atoms with Crippen LogP contribution in [0.4, 0.5) is 10.1 Å². The highest BCUT2D eigenvalue weighted by Gasteiger charge is 2.27. The van der Waals surface area contributed by atoms with Crippen LogP contribution in [0, 0.1) is 5.82 Å². The maximum atomic E-state index is 14.3. The van der Waals surface area contributed by atoms with Crippen molar-refractivity contribution in [3.63, 3.8) is 0 Å². The summed E-state index contributed by atoms with van der Waals surface area (Å²) in [5, 5.41) is 9.73. The second kappa shape index (κ2) is 8.36. The van der Waals surface area contributed by atoms with E-state index in [1.165, 1.54) is 17.8 Å². The highest BCUT2D eigenvalue weighted by molar-refractivity contribution is 6.04. The Balaban J connectivity index is 1.57. The largest absolute Gasteiger partial charge is 0.484 e. The molecule has 4 rings (SSSR count). The van der Waals surface area contributed by atoms with Gasteiger partial charge in [0.1, 0.15) is 17.3 Å². The topological polar surface area (TPSA) is 85.2 Å². The zero-order valence-corrected chi connectivity index (χ0v) is 16.4. The molecular formula is C22H21FN4O3. The van der Waals surface area contributed by atoms with Crippen LogP contribution < -0.4 is 15.4 Å². The van der Waals surface area contributed by atoms with Crippen LogP contribution in [-0.2, 0) is 17.6 Å². The molecule has 0 fully saturated rings. The minimum Gasteiger partial charge on any atom is -0.484 e. The molecule has 1 aromatic heterocycles. The molecule has 1 heterocycles. The number of hydrogen-bond acceptors (Lipinski definition) is 4. The minimum atomic E-state index is -0.386. The van der Waals surface area contributed by atoms with E-state index < -0.39 is 0 Å².